The molecule has 6 nitrogen and oxygen atoms in total. The summed E-state index contributed by atoms with van der Waals surface area (Å²) in [5.41, 5.74) is 9.59. The summed E-state index contributed by atoms with van der Waals surface area (Å²) in [4.78, 5) is 20.2. The van der Waals surface area contributed by atoms with Crippen LogP contribution in [0.1, 0.15) is 6.42 Å². The van der Waals surface area contributed by atoms with Gasteiger partial charge in [0.15, 0.2) is 0 Å². The van der Waals surface area contributed by atoms with Crippen LogP contribution < -0.4 is 23.8 Å². The Morgan fingerprint density at radius 3 is 1.46 bits per heavy atom. The van der Waals surface area contributed by atoms with Gasteiger partial charge in [-0.3, -0.25) is 9.59 Å². The normalized spacial score (nSPS) is 9.23. The molecule has 0 saturated carbocycles. The molecule has 0 atom stereocenters. The second-order valence-corrected chi connectivity index (χ2v) is 1.85. The van der Waals surface area contributed by atoms with Crippen LogP contribution in [-0.2, 0) is 9.59 Å². The van der Waals surface area contributed by atoms with Gasteiger partial charge in [-0.25, -0.2) is 0 Å². The molecule has 0 aromatic heterocycles. The Labute approximate surface area is 76.8 Å². The van der Waals surface area contributed by atoms with Crippen molar-refractivity contribution in [1.29, 1.82) is 0 Å². The quantitative estimate of drug-likeness (QED) is 0.450. The summed E-state index contributed by atoms with van der Waals surface area (Å²) in [6.45, 7) is 0. The molecular formula is C7H16N4O2. The molecule has 0 aliphatic carbocycles. The Kier molecular flexibility index (Phi) is 13.9. The number of rotatable bonds is 4. The highest BCUT2D eigenvalue weighted by molar-refractivity contribution is 5.86. The van der Waals surface area contributed by atoms with E-state index in [1.54, 1.807) is 12.2 Å². The van der Waals surface area contributed by atoms with Crippen molar-refractivity contribution in [2.45, 2.75) is 6.42 Å². The van der Waals surface area contributed by atoms with E-state index >= 15 is 0 Å². The first-order chi connectivity index (χ1) is 5.13. The van der Waals surface area contributed by atoms with E-state index in [9.17, 15) is 9.59 Å². The van der Waals surface area contributed by atoms with Crippen LogP contribution in [0.25, 0.3) is 0 Å². The van der Waals surface area contributed by atoms with Crippen LogP contribution in [0.15, 0.2) is 24.3 Å². The fourth-order valence-electron chi connectivity index (χ4n) is 0.447. The van der Waals surface area contributed by atoms with Gasteiger partial charge in [-0.15, -0.1) is 0 Å². The zero-order chi connectivity index (χ0) is 8.69. The van der Waals surface area contributed by atoms with Crippen molar-refractivity contribution < 1.29 is 9.59 Å². The minimum atomic E-state index is -0.502. The molecule has 13 heavy (non-hydrogen) atoms. The molecule has 2 amide bonds. The van der Waals surface area contributed by atoms with E-state index in [1.165, 1.54) is 12.2 Å². The van der Waals surface area contributed by atoms with Crippen LogP contribution in [0.5, 0.6) is 0 Å². The Bertz CT molecular complexity index is 189. The number of hydrogen-bond acceptors (Lipinski definition) is 4. The average molecular weight is 188 g/mol. The van der Waals surface area contributed by atoms with Gasteiger partial charge in [0.05, 0.1) is 0 Å². The number of carbonyl (C=O) groups is 2. The number of primary amides is 2. The summed E-state index contributed by atoms with van der Waals surface area (Å²) in [5.74, 6) is -1.00. The molecule has 0 bridgehead atoms. The van der Waals surface area contributed by atoms with E-state index in [0.29, 0.717) is 6.42 Å². The summed E-state index contributed by atoms with van der Waals surface area (Å²) in [6, 6.07) is 0. The van der Waals surface area contributed by atoms with Crippen molar-refractivity contribution in [2.24, 2.45) is 11.5 Å². The van der Waals surface area contributed by atoms with Crippen LogP contribution in [-0.4, -0.2) is 11.8 Å². The maximum atomic E-state index is 10.1. The monoisotopic (exact) mass is 188 g/mol. The van der Waals surface area contributed by atoms with Crippen LogP contribution >= 0.6 is 0 Å². The highest BCUT2D eigenvalue weighted by Gasteiger charge is 1.81. The standard InChI is InChI=1S/C7H10N2O2.2H3N/c8-6(10)4-2-1-3-5-7(9)11;;/h2-5H,1H2,(H2,8,10)(H2,9,11);2*1H3. The largest absolute Gasteiger partial charge is 0.366 e. The van der Waals surface area contributed by atoms with E-state index < -0.39 is 11.8 Å². The summed E-state index contributed by atoms with van der Waals surface area (Å²) in [7, 11) is 0. The van der Waals surface area contributed by atoms with Crippen molar-refractivity contribution in [3.63, 3.8) is 0 Å². The van der Waals surface area contributed by atoms with Gasteiger partial charge >= 0.3 is 0 Å². The van der Waals surface area contributed by atoms with Gasteiger partial charge in [0.25, 0.3) is 0 Å². The Balaban J connectivity index is -0.000000500. The van der Waals surface area contributed by atoms with Crippen LogP contribution in [0.4, 0.5) is 0 Å². The van der Waals surface area contributed by atoms with Crippen LogP contribution in [0, 0.1) is 0 Å². The predicted octanol–water partition coefficient (Wildman–Crippen LogP) is -0.217. The van der Waals surface area contributed by atoms with Crippen molar-refractivity contribution >= 4 is 11.8 Å². The lowest BCUT2D eigenvalue weighted by Crippen LogP contribution is -2.05. The summed E-state index contributed by atoms with van der Waals surface area (Å²) in [5, 5.41) is 0. The predicted molar refractivity (Wildman–Crippen MR) is 51.3 cm³/mol. The third kappa shape index (κ3) is 17.9. The van der Waals surface area contributed by atoms with E-state index in [-0.39, 0.29) is 12.3 Å². The molecule has 10 N–H and O–H groups in total. The first kappa shape index (κ1) is 17.4. The molecule has 0 heterocycles. The van der Waals surface area contributed by atoms with Gasteiger partial charge in [-0.1, -0.05) is 12.2 Å². The Morgan fingerprint density at radius 2 is 1.23 bits per heavy atom. The molecule has 0 aliphatic heterocycles. The van der Waals surface area contributed by atoms with Crippen molar-refractivity contribution in [2.75, 3.05) is 0 Å². The fraction of sp³-hybridized carbons (Fsp3) is 0.143. The molecule has 0 fully saturated rings. The second kappa shape index (κ2) is 10.3. The number of amides is 2. The zero-order valence-electron chi connectivity index (χ0n) is 7.40. The molecule has 0 aliphatic rings. The lowest BCUT2D eigenvalue weighted by molar-refractivity contribution is -0.114. The van der Waals surface area contributed by atoms with Gasteiger partial charge < -0.3 is 23.8 Å². The minimum Gasteiger partial charge on any atom is -0.366 e. The van der Waals surface area contributed by atoms with Crippen molar-refractivity contribution in [3.8, 4) is 0 Å². The third-order valence-electron chi connectivity index (χ3n) is 0.836. The molecule has 0 aromatic rings. The van der Waals surface area contributed by atoms with Crippen LogP contribution in [0.3, 0.4) is 0 Å². The molecule has 76 valence electrons. The maximum Gasteiger partial charge on any atom is 0.241 e. The molecular weight excluding hydrogens is 172 g/mol. The van der Waals surface area contributed by atoms with Gasteiger partial charge in [0, 0.05) is 0 Å². The van der Waals surface area contributed by atoms with Crippen molar-refractivity contribution in [3.05, 3.63) is 24.3 Å². The lowest BCUT2D eigenvalue weighted by atomic mass is 10.3. The molecule has 0 unspecified atom stereocenters. The average Bonchev–Trinajstić information content (AvgIpc) is 1.85. The van der Waals surface area contributed by atoms with E-state index in [2.05, 4.69) is 0 Å². The van der Waals surface area contributed by atoms with E-state index in [1.807, 2.05) is 0 Å². The molecule has 0 radical (unpaired) electrons. The maximum absolute atomic E-state index is 10.1. The van der Waals surface area contributed by atoms with Crippen LogP contribution in [0.2, 0.25) is 0 Å². The number of nitrogens with two attached hydrogens (primary N) is 2. The van der Waals surface area contributed by atoms with E-state index in [0.717, 1.165) is 0 Å². The smallest absolute Gasteiger partial charge is 0.241 e. The van der Waals surface area contributed by atoms with Gasteiger partial charge in [-0.2, -0.15) is 0 Å². The fourth-order valence-corrected chi connectivity index (χ4v) is 0.447. The van der Waals surface area contributed by atoms with Crippen molar-refractivity contribution in [1.82, 2.24) is 12.3 Å². The van der Waals surface area contributed by atoms with Gasteiger partial charge in [0.2, 0.25) is 11.8 Å². The SMILES string of the molecule is N.N.NC(=O)C=CCC=CC(N)=O. The first-order valence-electron chi connectivity index (χ1n) is 3.05. The summed E-state index contributed by atoms with van der Waals surface area (Å²) < 4.78 is 0. The topological polar surface area (TPSA) is 156 Å². The van der Waals surface area contributed by atoms with E-state index in [4.69, 9.17) is 11.5 Å². The van der Waals surface area contributed by atoms with Gasteiger partial charge in [0.1, 0.15) is 0 Å². The molecule has 0 spiro atoms. The first-order valence-corrected chi connectivity index (χ1v) is 3.05. The summed E-state index contributed by atoms with van der Waals surface area (Å²) in [6.07, 6.45) is 6.02. The molecule has 0 saturated heterocycles. The third-order valence-corrected chi connectivity index (χ3v) is 0.836. The number of allylic oxidation sites excluding steroid dienone is 2. The second-order valence-electron chi connectivity index (χ2n) is 1.85. The minimum absolute atomic E-state index is 0. The lowest BCUT2D eigenvalue weighted by Gasteiger charge is -1.80. The molecule has 0 rings (SSSR count). The molecule has 0 aromatic carbocycles. The number of hydrogen-bond donors (Lipinski definition) is 4. The Hall–Kier alpha value is -1.66. The highest BCUT2D eigenvalue weighted by atomic mass is 16.1. The highest BCUT2D eigenvalue weighted by Crippen LogP contribution is 1.84. The Morgan fingerprint density at radius 1 is 0.923 bits per heavy atom. The zero-order valence-corrected chi connectivity index (χ0v) is 7.40. The van der Waals surface area contributed by atoms with Gasteiger partial charge in [-0.05, 0) is 18.6 Å². The molecule has 6 heteroatoms. The summed E-state index contributed by atoms with van der Waals surface area (Å²) >= 11 is 0. The number of carbonyl (C=O) groups excluding carboxylic acids is 2.